The summed E-state index contributed by atoms with van der Waals surface area (Å²) < 4.78 is 5.59. The highest BCUT2D eigenvalue weighted by atomic mass is 16.5. The summed E-state index contributed by atoms with van der Waals surface area (Å²) in [6.45, 7) is 8.03. The van der Waals surface area contributed by atoms with E-state index in [0.717, 1.165) is 30.0 Å². The Labute approximate surface area is 216 Å². The number of aryl methyl sites for hydroxylation is 1. The van der Waals surface area contributed by atoms with Gasteiger partial charge in [0.15, 0.2) is 0 Å². The molecule has 3 aromatic carbocycles. The fourth-order valence-corrected chi connectivity index (χ4v) is 3.59. The number of esters is 1. The maximum atomic E-state index is 12.7. The van der Waals surface area contributed by atoms with Gasteiger partial charge in [0.1, 0.15) is 5.75 Å². The number of nitrogens with zero attached hydrogens (tertiary/aromatic N) is 6. The van der Waals surface area contributed by atoms with Crippen LogP contribution in [0, 0.1) is 6.92 Å². The molecule has 0 fully saturated rings. The number of azo groups is 2. The molecule has 4 aromatic rings. The zero-order valence-electron chi connectivity index (χ0n) is 21.1. The maximum absolute atomic E-state index is 12.7. The number of anilines is 1. The first-order valence-electron chi connectivity index (χ1n) is 12.1. The Bertz CT molecular complexity index is 1380. The number of rotatable bonds is 9. The minimum Gasteiger partial charge on any atom is -0.423 e. The van der Waals surface area contributed by atoms with Crippen LogP contribution in [0.2, 0.25) is 0 Å². The quantitative estimate of drug-likeness (QED) is 0.133. The molecule has 0 spiro atoms. The Hall–Kier alpha value is -4.72. The van der Waals surface area contributed by atoms with Crippen LogP contribution in [0.4, 0.5) is 28.4 Å². The normalized spacial score (nSPS) is 11.2. The van der Waals surface area contributed by atoms with Crippen molar-refractivity contribution in [1.82, 2.24) is 4.98 Å². The molecular weight excluding hydrogens is 464 g/mol. The number of carbonyl (C=O) groups excluding carboxylic acids is 1. The fourth-order valence-electron chi connectivity index (χ4n) is 3.59. The van der Waals surface area contributed by atoms with Crippen LogP contribution < -0.4 is 9.64 Å². The summed E-state index contributed by atoms with van der Waals surface area (Å²) in [5.74, 6) is 0.00882. The lowest BCUT2D eigenvalue weighted by atomic mass is 10.2. The van der Waals surface area contributed by atoms with E-state index in [1.165, 1.54) is 0 Å². The molecule has 0 N–H and O–H groups in total. The van der Waals surface area contributed by atoms with Crippen molar-refractivity contribution in [2.45, 2.75) is 20.8 Å². The molecule has 8 nitrogen and oxygen atoms in total. The second-order valence-corrected chi connectivity index (χ2v) is 8.18. The van der Waals surface area contributed by atoms with Gasteiger partial charge < -0.3 is 9.64 Å². The lowest BCUT2D eigenvalue weighted by Crippen LogP contribution is -2.21. The minimum atomic E-state index is -0.454. The Kier molecular flexibility index (Phi) is 8.44. The van der Waals surface area contributed by atoms with Gasteiger partial charge in [-0.3, -0.25) is 4.98 Å². The molecule has 0 atom stereocenters. The van der Waals surface area contributed by atoms with Crippen molar-refractivity contribution in [2.24, 2.45) is 20.5 Å². The molecule has 0 amide bonds. The van der Waals surface area contributed by atoms with Crippen LogP contribution in [-0.2, 0) is 0 Å². The van der Waals surface area contributed by atoms with Gasteiger partial charge in [-0.15, -0.1) is 0 Å². The van der Waals surface area contributed by atoms with E-state index in [-0.39, 0.29) is 0 Å². The first-order chi connectivity index (χ1) is 18.1. The predicted octanol–water partition coefficient (Wildman–Crippen LogP) is 8.29. The highest BCUT2D eigenvalue weighted by Gasteiger charge is 2.11. The molecule has 0 unspecified atom stereocenters. The summed E-state index contributed by atoms with van der Waals surface area (Å²) in [7, 11) is 0. The molecule has 1 heterocycles. The van der Waals surface area contributed by atoms with Gasteiger partial charge >= 0.3 is 5.97 Å². The number of aromatic nitrogens is 1. The summed E-state index contributed by atoms with van der Waals surface area (Å²) in [6, 6.07) is 23.6. The van der Waals surface area contributed by atoms with Crippen molar-refractivity contribution >= 4 is 34.4 Å². The van der Waals surface area contributed by atoms with E-state index in [2.05, 4.69) is 44.2 Å². The molecule has 4 rings (SSSR count). The number of hydrogen-bond acceptors (Lipinski definition) is 8. The second-order valence-electron chi connectivity index (χ2n) is 8.18. The Morgan fingerprint density at radius 1 is 0.730 bits per heavy atom. The van der Waals surface area contributed by atoms with Crippen molar-refractivity contribution in [3.8, 4) is 5.75 Å². The van der Waals surface area contributed by atoms with E-state index >= 15 is 0 Å². The lowest BCUT2D eigenvalue weighted by Gasteiger charge is -2.20. The molecule has 0 bridgehead atoms. The van der Waals surface area contributed by atoms with Gasteiger partial charge in [0.05, 0.1) is 28.3 Å². The molecule has 1 aromatic heterocycles. The van der Waals surface area contributed by atoms with Crippen LogP contribution in [0.15, 0.2) is 112 Å². The third-order valence-corrected chi connectivity index (χ3v) is 5.67. The van der Waals surface area contributed by atoms with Crippen LogP contribution in [0.5, 0.6) is 5.75 Å². The van der Waals surface area contributed by atoms with Crippen LogP contribution in [-0.4, -0.2) is 24.0 Å². The van der Waals surface area contributed by atoms with E-state index < -0.39 is 5.97 Å². The van der Waals surface area contributed by atoms with E-state index in [1.54, 1.807) is 60.9 Å². The summed E-state index contributed by atoms with van der Waals surface area (Å²) in [5, 5.41) is 17.0. The number of hydrogen-bond donors (Lipinski definition) is 0. The number of benzene rings is 3. The molecule has 0 saturated heterocycles. The Morgan fingerprint density at radius 3 is 1.81 bits per heavy atom. The predicted molar refractivity (Wildman–Crippen MR) is 145 cm³/mol. The first kappa shape index (κ1) is 25.4. The zero-order chi connectivity index (χ0) is 26.0. The third kappa shape index (κ3) is 6.91. The SMILES string of the molecule is CCN(CC)c1ccc(N=Nc2ccc(C(=O)Oc3ccc(N=Nc4ccncc4)cc3C)cc2)cc1. The topological polar surface area (TPSA) is 91.9 Å². The van der Waals surface area contributed by atoms with Crippen LogP contribution in [0.1, 0.15) is 29.8 Å². The van der Waals surface area contributed by atoms with Gasteiger partial charge in [-0.2, -0.15) is 20.5 Å². The van der Waals surface area contributed by atoms with Crippen LogP contribution in [0.25, 0.3) is 0 Å². The summed E-state index contributed by atoms with van der Waals surface area (Å²) >= 11 is 0. The van der Waals surface area contributed by atoms with Gasteiger partial charge in [0, 0.05) is 31.2 Å². The van der Waals surface area contributed by atoms with Crippen molar-refractivity contribution in [3.05, 3.63) is 102 Å². The smallest absolute Gasteiger partial charge is 0.343 e. The summed E-state index contributed by atoms with van der Waals surface area (Å²) in [5.41, 5.74) is 5.13. The van der Waals surface area contributed by atoms with Gasteiger partial charge in [0.25, 0.3) is 0 Å². The molecule has 0 aliphatic rings. The van der Waals surface area contributed by atoms with Crippen LogP contribution >= 0.6 is 0 Å². The largest absolute Gasteiger partial charge is 0.423 e. The number of pyridine rings is 1. The molecule has 0 saturated carbocycles. The van der Waals surface area contributed by atoms with E-state index in [1.807, 2.05) is 37.3 Å². The molecule has 186 valence electrons. The van der Waals surface area contributed by atoms with Gasteiger partial charge in [0.2, 0.25) is 0 Å². The highest BCUT2D eigenvalue weighted by molar-refractivity contribution is 5.91. The molecule has 0 aliphatic carbocycles. The average Bonchev–Trinajstić information content (AvgIpc) is 2.94. The Morgan fingerprint density at radius 2 is 1.24 bits per heavy atom. The second kappa shape index (κ2) is 12.3. The summed E-state index contributed by atoms with van der Waals surface area (Å²) in [4.78, 5) is 18.9. The maximum Gasteiger partial charge on any atom is 0.343 e. The fraction of sp³-hybridized carbons (Fsp3) is 0.172. The van der Waals surface area contributed by atoms with Crippen molar-refractivity contribution < 1.29 is 9.53 Å². The monoisotopic (exact) mass is 492 g/mol. The summed E-state index contributed by atoms with van der Waals surface area (Å²) in [6.07, 6.45) is 3.31. The van der Waals surface area contributed by atoms with Crippen molar-refractivity contribution in [2.75, 3.05) is 18.0 Å². The molecule has 37 heavy (non-hydrogen) atoms. The first-order valence-corrected chi connectivity index (χ1v) is 12.1. The van der Waals surface area contributed by atoms with Gasteiger partial charge in [-0.05, 0) is 105 Å². The van der Waals surface area contributed by atoms with Gasteiger partial charge in [-0.1, -0.05) is 0 Å². The Balaban J connectivity index is 1.36. The molecule has 0 aliphatic heterocycles. The molecule has 0 radical (unpaired) electrons. The standard InChI is InChI=1S/C29H28N6O2/c1-4-35(5-2)27-13-10-24(11-14-27)32-31-23-8-6-22(7-9-23)29(36)37-28-15-12-26(20-21(28)3)34-33-25-16-18-30-19-17-25/h6-20H,4-5H2,1-3H3. The van der Waals surface area contributed by atoms with Gasteiger partial charge in [-0.25, -0.2) is 4.79 Å². The number of carbonyl (C=O) groups is 1. The number of ether oxygens (including phenoxy) is 1. The van der Waals surface area contributed by atoms with Crippen molar-refractivity contribution in [1.29, 1.82) is 0 Å². The lowest BCUT2D eigenvalue weighted by molar-refractivity contribution is 0.0733. The van der Waals surface area contributed by atoms with E-state index in [9.17, 15) is 4.79 Å². The molecular formula is C29H28N6O2. The van der Waals surface area contributed by atoms with Crippen molar-refractivity contribution in [3.63, 3.8) is 0 Å². The third-order valence-electron chi connectivity index (χ3n) is 5.67. The average molecular weight is 493 g/mol. The van der Waals surface area contributed by atoms with E-state index in [4.69, 9.17) is 4.74 Å². The minimum absolute atomic E-state index is 0.420. The molecule has 8 heteroatoms. The van der Waals surface area contributed by atoms with Crippen LogP contribution in [0.3, 0.4) is 0 Å². The van der Waals surface area contributed by atoms with E-state index in [0.29, 0.717) is 28.4 Å². The zero-order valence-corrected chi connectivity index (χ0v) is 21.1. The highest BCUT2D eigenvalue weighted by Crippen LogP contribution is 2.27.